The van der Waals surface area contributed by atoms with Crippen molar-refractivity contribution in [3.8, 4) is 6.07 Å². The number of carbonyl (C=O) groups is 1. The normalized spacial score (nSPS) is 19.1. The van der Waals surface area contributed by atoms with Crippen LogP contribution in [-0.2, 0) is 11.2 Å². The first-order valence-corrected chi connectivity index (χ1v) is 9.09. The number of benzene rings is 1. The second kappa shape index (κ2) is 8.14. The summed E-state index contributed by atoms with van der Waals surface area (Å²) in [7, 11) is 0. The molecule has 1 aromatic carbocycles. The number of nitrogens with two attached hydrogens (primary N) is 1. The van der Waals surface area contributed by atoms with Crippen molar-refractivity contribution in [2.75, 3.05) is 18.0 Å². The molecule has 0 unspecified atom stereocenters. The fourth-order valence-electron chi connectivity index (χ4n) is 3.19. The molecule has 3 N–H and O–H groups in total. The summed E-state index contributed by atoms with van der Waals surface area (Å²) in [6, 6.07) is 13.1. The van der Waals surface area contributed by atoms with E-state index in [-0.39, 0.29) is 23.7 Å². The zero-order valence-corrected chi connectivity index (χ0v) is 15.6. The molecule has 0 saturated carbocycles. The molecule has 7 heteroatoms. The molecule has 1 amide bonds. The van der Waals surface area contributed by atoms with E-state index in [4.69, 9.17) is 11.0 Å². The van der Waals surface area contributed by atoms with E-state index in [1.54, 1.807) is 12.1 Å². The van der Waals surface area contributed by atoms with Crippen molar-refractivity contribution in [2.45, 2.75) is 38.3 Å². The van der Waals surface area contributed by atoms with Crippen LogP contribution in [0.15, 0.2) is 36.4 Å². The van der Waals surface area contributed by atoms with Crippen LogP contribution >= 0.6 is 0 Å². The van der Waals surface area contributed by atoms with Crippen molar-refractivity contribution in [1.82, 2.24) is 15.5 Å². The highest BCUT2D eigenvalue weighted by atomic mass is 16.1. The monoisotopic (exact) mass is 364 g/mol. The number of nitrogens with zero attached hydrogens (tertiary/aromatic N) is 4. The number of carbonyl (C=O) groups excluding carboxylic acids is 1. The zero-order chi connectivity index (χ0) is 19.4. The van der Waals surface area contributed by atoms with Gasteiger partial charge in [0.1, 0.15) is 6.07 Å². The maximum absolute atomic E-state index is 12.4. The molecule has 1 aliphatic rings. The smallest absolute Gasteiger partial charge is 0.224 e. The van der Waals surface area contributed by atoms with Gasteiger partial charge in [0, 0.05) is 19.1 Å². The van der Waals surface area contributed by atoms with E-state index in [0.717, 1.165) is 5.56 Å². The summed E-state index contributed by atoms with van der Waals surface area (Å²) in [5.41, 5.74) is 8.72. The molecule has 140 valence electrons. The maximum Gasteiger partial charge on any atom is 0.224 e. The molecule has 1 saturated heterocycles. The first-order valence-electron chi connectivity index (χ1n) is 9.09. The highest BCUT2D eigenvalue weighted by Gasteiger charge is 2.32. The van der Waals surface area contributed by atoms with Crippen LogP contribution in [0.1, 0.15) is 36.6 Å². The topological polar surface area (TPSA) is 108 Å². The molecule has 3 rings (SSSR count). The summed E-state index contributed by atoms with van der Waals surface area (Å²) in [6.45, 7) is 5.44. The predicted molar refractivity (Wildman–Crippen MR) is 103 cm³/mol. The number of nitriles is 1. The molecular formula is C20H24N6O. The van der Waals surface area contributed by atoms with Crippen molar-refractivity contribution in [2.24, 2.45) is 5.73 Å². The summed E-state index contributed by atoms with van der Waals surface area (Å²) >= 11 is 0. The first-order chi connectivity index (χ1) is 13.0. The van der Waals surface area contributed by atoms with Crippen molar-refractivity contribution in [1.29, 1.82) is 5.26 Å². The summed E-state index contributed by atoms with van der Waals surface area (Å²) in [5, 5.41) is 19.7. The Morgan fingerprint density at radius 3 is 2.59 bits per heavy atom. The van der Waals surface area contributed by atoms with Crippen molar-refractivity contribution in [3.05, 3.63) is 53.2 Å². The minimum atomic E-state index is -0.185. The average Bonchev–Trinajstić information content (AvgIpc) is 3.02. The van der Waals surface area contributed by atoms with Crippen molar-refractivity contribution in [3.63, 3.8) is 0 Å². The lowest BCUT2D eigenvalue weighted by Gasteiger charge is -2.17. The van der Waals surface area contributed by atoms with Crippen LogP contribution in [0.3, 0.4) is 0 Å². The lowest BCUT2D eigenvalue weighted by atomic mass is 10.0. The van der Waals surface area contributed by atoms with Crippen LogP contribution in [0.5, 0.6) is 0 Å². The second-order valence-corrected chi connectivity index (χ2v) is 7.20. The molecule has 0 bridgehead atoms. The minimum Gasteiger partial charge on any atom is -0.351 e. The Bertz CT molecular complexity index is 825. The Kier molecular flexibility index (Phi) is 5.67. The van der Waals surface area contributed by atoms with Gasteiger partial charge in [0.25, 0.3) is 0 Å². The van der Waals surface area contributed by atoms with Crippen LogP contribution in [0.4, 0.5) is 5.82 Å². The fourth-order valence-corrected chi connectivity index (χ4v) is 3.19. The largest absolute Gasteiger partial charge is 0.351 e. The van der Waals surface area contributed by atoms with Gasteiger partial charge in [-0.3, -0.25) is 4.79 Å². The van der Waals surface area contributed by atoms with Crippen LogP contribution < -0.4 is 16.0 Å². The van der Waals surface area contributed by atoms with Gasteiger partial charge in [0.15, 0.2) is 11.5 Å². The fraction of sp³-hybridized carbons (Fsp3) is 0.400. The molecule has 0 spiro atoms. The molecule has 2 heterocycles. The van der Waals surface area contributed by atoms with Gasteiger partial charge >= 0.3 is 0 Å². The number of hydrogen-bond acceptors (Lipinski definition) is 6. The molecule has 0 aliphatic carbocycles. The van der Waals surface area contributed by atoms with E-state index < -0.39 is 0 Å². The molecule has 2 atom stereocenters. The van der Waals surface area contributed by atoms with Crippen LogP contribution in [0, 0.1) is 11.3 Å². The molecule has 7 nitrogen and oxygen atoms in total. The molecule has 1 aromatic heterocycles. The quantitative estimate of drug-likeness (QED) is 0.829. The third-order valence-electron chi connectivity index (χ3n) is 4.81. The standard InChI is InChI=1S/C20H24N6O/c1-13(2)15-5-3-14(4-6-15)9-20(27)23-18-12-26(11-17(18)22)19-8-7-16(10-21)24-25-19/h3-8,13,17-18H,9,11-12,22H2,1-2H3,(H,23,27)/t17-,18-/m1/s1. The van der Waals surface area contributed by atoms with E-state index in [2.05, 4.69) is 41.5 Å². The number of aromatic nitrogens is 2. The van der Waals surface area contributed by atoms with Gasteiger partial charge in [-0.15, -0.1) is 10.2 Å². The van der Waals surface area contributed by atoms with Gasteiger partial charge in [0.2, 0.25) is 5.91 Å². The van der Waals surface area contributed by atoms with Crippen molar-refractivity contribution >= 4 is 11.7 Å². The number of rotatable bonds is 5. The van der Waals surface area contributed by atoms with Crippen LogP contribution in [-0.4, -0.2) is 41.3 Å². The van der Waals surface area contributed by atoms with E-state index in [9.17, 15) is 4.79 Å². The van der Waals surface area contributed by atoms with Gasteiger partial charge in [-0.05, 0) is 29.2 Å². The second-order valence-electron chi connectivity index (χ2n) is 7.20. The highest BCUT2D eigenvalue weighted by Crippen LogP contribution is 2.18. The Morgan fingerprint density at radius 2 is 2.00 bits per heavy atom. The first kappa shape index (κ1) is 18.8. The molecule has 27 heavy (non-hydrogen) atoms. The SMILES string of the molecule is CC(C)c1ccc(CC(=O)N[C@@H]2CN(c3ccc(C#N)nn3)C[C@H]2N)cc1. The Balaban J connectivity index is 1.56. The predicted octanol–water partition coefficient (Wildman–Crippen LogP) is 1.35. The summed E-state index contributed by atoms with van der Waals surface area (Å²) < 4.78 is 0. The maximum atomic E-state index is 12.4. The van der Waals surface area contributed by atoms with Gasteiger partial charge in [-0.1, -0.05) is 38.1 Å². The van der Waals surface area contributed by atoms with Crippen LogP contribution in [0.25, 0.3) is 0 Å². The number of anilines is 1. The van der Waals surface area contributed by atoms with E-state index in [1.807, 2.05) is 23.1 Å². The molecule has 1 aliphatic heterocycles. The number of hydrogen-bond donors (Lipinski definition) is 2. The lowest BCUT2D eigenvalue weighted by Crippen LogP contribution is -2.47. The molecule has 0 radical (unpaired) electrons. The van der Waals surface area contributed by atoms with E-state index >= 15 is 0 Å². The zero-order valence-electron chi connectivity index (χ0n) is 15.6. The van der Waals surface area contributed by atoms with Gasteiger partial charge in [0.05, 0.1) is 12.5 Å². The van der Waals surface area contributed by atoms with Crippen molar-refractivity contribution < 1.29 is 4.79 Å². The number of nitrogens with one attached hydrogen (secondary N) is 1. The van der Waals surface area contributed by atoms with Gasteiger partial charge < -0.3 is 16.0 Å². The minimum absolute atomic E-state index is 0.0412. The summed E-state index contributed by atoms with van der Waals surface area (Å²) in [6.07, 6.45) is 0.332. The van der Waals surface area contributed by atoms with Crippen LogP contribution in [0.2, 0.25) is 0 Å². The number of amides is 1. The van der Waals surface area contributed by atoms with Gasteiger partial charge in [-0.2, -0.15) is 5.26 Å². The average molecular weight is 364 g/mol. The molecule has 1 fully saturated rings. The highest BCUT2D eigenvalue weighted by molar-refractivity contribution is 5.79. The molecule has 2 aromatic rings. The van der Waals surface area contributed by atoms with E-state index in [1.165, 1.54) is 5.56 Å². The third kappa shape index (κ3) is 4.60. The van der Waals surface area contributed by atoms with Gasteiger partial charge in [-0.25, -0.2) is 0 Å². The summed E-state index contributed by atoms with van der Waals surface area (Å²) in [5.74, 6) is 1.09. The summed E-state index contributed by atoms with van der Waals surface area (Å²) in [4.78, 5) is 14.4. The third-order valence-corrected chi connectivity index (χ3v) is 4.81. The lowest BCUT2D eigenvalue weighted by molar-refractivity contribution is -0.121. The Morgan fingerprint density at radius 1 is 1.26 bits per heavy atom. The van der Waals surface area contributed by atoms with E-state index in [0.29, 0.717) is 31.2 Å². The Hall–Kier alpha value is -2.98. The molecular weight excluding hydrogens is 340 g/mol. The Labute approximate surface area is 159 Å².